The van der Waals surface area contributed by atoms with Crippen LogP contribution >= 0.6 is 11.6 Å². The van der Waals surface area contributed by atoms with Gasteiger partial charge >= 0.3 is 0 Å². The van der Waals surface area contributed by atoms with Gasteiger partial charge in [-0.05, 0) is 30.2 Å². The fourth-order valence-corrected chi connectivity index (χ4v) is 1.31. The fraction of sp³-hybridized carbons (Fsp3) is 0.417. The summed E-state index contributed by atoms with van der Waals surface area (Å²) in [4.78, 5) is 11.9. The van der Waals surface area contributed by atoms with Gasteiger partial charge in [0.15, 0.2) is 5.78 Å². The fourth-order valence-electron chi connectivity index (χ4n) is 1.18. The predicted octanol–water partition coefficient (Wildman–Crippen LogP) is 3.81. The molecule has 0 aliphatic heterocycles. The summed E-state index contributed by atoms with van der Waals surface area (Å²) in [5.74, 6) is 0.631. The van der Waals surface area contributed by atoms with Gasteiger partial charge in [0.25, 0.3) is 0 Å². The van der Waals surface area contributed by atoms with Gasteiger partial charge in [0, 0.05) is 16.5 Å². The van der Waals surface area contributed by atoms with Crippen molar-refractivity contribution in [1.29, 1.82) is 0 Å². The van der Waals surface area contributed by atoms with E-state index >= 15 is 0 Å². The lowest BCUT2D eigenvalue weighted by Gasteiger charge is -2.13. The highest BCUT2D eigenvalue weighted by atomic mass is 35.5. The van der Waals surface area contributed by atoms with E-state index in [-0.39, 0.29) is 11.7 Å². The zero-order chi connectivity index (χ0) is 10.7. The lowest BCUT2D eigenvalue weighted by atomic mass is 9.90. The molecule has 1 nitrogen and oxygen atoms in total. The molecule has 0 aromatic heterocycles. The van der Waals surface area contributed by atoms with Crippen molar-refractivity contribution < 1.29 is 4.79 Å². The van der Waals surface area contributed by atoms with Crippen LogP contribution in [-0.4, -0.2) is 5.78 Å². The number of rotatable bonds is 3. The number of halogens is 1. The molecule has 0 spiro atoms. The Hall–Kier alpha value is -0.820. The van der Waals surface area contributed by atoms with E-state index in [2.05, 4.69) is 13.8 Å². The first-order valence-corrected chi connectivity index (χ1v) is 5.20. The Morgan fingerprint density at radius 3 is 2.07 bits per heavy atom. The van der Waals surface area contributed by atoms with Gasteiger partial charge in [0.1, 0.15) is 0 Å². The van der Waals surface area contributed by atoms with E-state index in [0.717, 1.165) is 5.56 Å². The van der Waals surface area contributed by atoms with Gasteiger partial charge in [-0.3, -0.25) is 4.79 Å². The number of carbonyl (C=O) groups excluding carboxylic acids is 1. The Balaban J connectivity index is 2.84. The normalized spacial score (nSPS) is 12.9. The van der Waals surface area contributed by atoms with Crippen molar-refractivity contribution in [1.82, 2.24) is 0 Å². The first-order chi connectivity index (χ1) is 6.52. The number of carbonyl (C=O) groups is 1. The highest BCUT2D eigenvalue weighted by molar-refractivity contribution is 6.30. The Morgan fingerprint density at radius 2 is 1.64 bits per heavy atom. The molecule has 0 fully saturated rings. The average molecular weight is 211 g/mol. The largest absolute Gasteiger partial charge is 0.294 e. The zero-order valence-corrected chi connectivity index (χ0v) is 9.51. The van der Waals surface area contributed by atoms with Crippen molar-refractivity contribution >= 4 is 17.4 Å². The molecule has 0 heterocycles. The van der Waals surface area contributed by atoms with Gasteiger partial charge in [-0.25, -0.2) is 0 Å². The van der Waals surface area contributed by atoms with E-state index in [1.54, 1.807) is 24.3 Å². The average Bonchev–Trinajstić information content (AvgIpc) is 2.16. The molecule has 0 N–H and O–H groups in total. The van der Waals surface area contributed by atoms with E-state index in [9.17, 15) is 4.79 Å². The molecule has 0 saturated carbocycles. The number of hydrogen-bond donors (Lipinski definition) is 0. The van der Waals surface area contributed by atoms with Crippen LogP contribution in [0.25, 0.3) is 0 Å². The topological polar surface area (TPSA) is 17.1 Å². The van der Waals surface area contributed by atoms with Crippen LogP contribution in [-0.2, 0) is 0 Å². The monoisotopic (exact) mass is 210 g/mol. The minimum atomic E-state index is 0.0659. The van der Waals surface area contributed by atoms with E-state index < -0.39 is 0 Å². The maximum absolute atomic E-state index is 11.9. The SMILES string of the molecule is CC(C)[C@@H](C)C(=O)c1ccc(Cl)cc1. The summed E-state index contributed by atoms with van der Waals surface area (Å²) in [7, 11) is 0. The molecule has 1 rings (SSSR count). The first kappa shape index (κ1) is 11.3. The molecule has 0 unspecified atom stereocenters. The van der Waals surface area contributed by atoms with E-state index in [0.29, 0.717) is 10.9 Å². The lowest BCUT2D eigenvalue weighted by Crippen LogP contribution is -2.16. The molecule has 1 aromatic rings. The molecule has 76 valence electrons. The molecule has 2 heteroatoms. The van der Waals surface area contributed by atoms with Crippen molar-refractivity contribution in [2.45, 2.75) is 20.8 Å². The third-order valence-electron chi connectivity index (χ3n) is 2.54. The van der Waals surface area contributed by atoms with Crippen molar-refractivity contribution in [2.24, 2.45) is 11.8 Å². The molecule has 0 aliphatic carbocycles. The minimum absolute atomic E-state index is 0.0659. The molecule has 0 amide bonds. The summed E-state index contributed by atoms with van der Waals surface area (Å²) in [6, 6.07) is 7.07. The molecule has 14 heavy (non-hydrogen) atoms. The molecular formula is C12H15ClO. The third-order valence-corrected chi connectivity index (χ3v) is 2.79. The minimum Gasteiger partial charge on any atom is -0.294 e. The quantitative estimate of drug-likeness (QED) is 0.694. The second-order valence-corrected chi connectivity index (χ2v) is 4.34. The third kappa shape index (κ3) is 2.58. The zero-order valence-electron chi connectivity index (χ0n) is 8.75. The van der Waals surface area contributed by atoms with Gasteiger partial charge in [0.05, 0.1) is 0 Å². The maximum atomic E-state index is 11.9. The van der Waals surface area contributed by atoms with Crippen LogP contribution < -0.4 is 0 Å². The Kier molecular flexibility index (Phi) is 3.70. The maximum Gasteiger partial charge on any atom is 0.165 e. The lowest BCUT2D eigenvalue weighted by molar-refractivity contribution is 0.0900. The van der Waals surface area contributed by atoms with Gasteiger partial charge in [-0.15, -0.1) is 0 Å². The van der Waals surface area contributed by atoms with Crippen molar-refractivity contribution in [3.8, 4) is 0 Å². The van der Waals surface area contributed by atoms with Crippen molar-refractivity contribution in [3.05, 3.63) is 34.9 Å². The first-order valence-electron chi connectivity index (χ1n) is 4.82. The van der Waals surface area contributed by atoms with Gasteiger partial charge in [-0.1, -0.05) is 32.4 Å². The summed E-state index contributed by atoms with van der Waals surface area (Å²) < 4.78 is 0. The summed E-state index contributed by atoms with van der Waals surface area (Å²) in [6.45, 7) is 6.07. The molecular weight excluding hydrogens is 196 g/mol. The molecule has 0 aliphatic rings. The molecule has 1 atom stereocenters. The summed E-state index contributed by atoms with van der Waals surface area (Å²) >= 11 is 5.75. The molecule has 0 bridgehead atoms. The Bertz CT molecular complexity index is 314. The molecule has 1 aromatic carbocycles. The predicted molar refractivity (Wildman–Crippen MR) is 59.8 cm³/mol. The smallest absolute Gasteiger partial charge is 0.165 e. The van der Waals surface area contributed by atoms with E-state index in [4.69, 9.17) is 11.6 Å². The van der Waals surface area contributed by atoms with Crippen LogP contribution in [0.15, 0.2) is 24.3 Å². The number of hydrogen-bond acceptors (Lipinski definition) is 1. The van der Waals surface area contributed by atoms with Gasteiger partial charge < -0.3 is 0 Å². The van der Waals surface area contributed by atoms with Gasteiger partial charge in [0.2, 0.25) is 0 Å². The highest BCUT2D eigenvalue weighted by Gasteiger charge is 2.17. The summed E-state index contributed by atoms with van der Waals surface area (Å²) in [5.41, 5.74) is 0.746. The van der Waals surface area contributed by atoms with Crippen LogP contribution in [0.4, 0.5) is 0 Å². The van der Waals surface area contributed by atoms with E-state index in [1.807, 2.05) is 6.92 Å². The van der Waals surface area contributed by atoms with Crippen LogP contribution in [0.3, 0.4) is 0 Å². The number of ketones is 1. The second-order valence-electron chi connectivity index (χ2n) is 3.90. The number of benzene rings is 1. The Morgan fingerprint density at radius 1 is 1.14 bits per heavy atom. The molecule has 0 saturated heterocycles. The van der Waals surface area contributed by atoms with Crippen molar-refractivity contribution in [2.75, 3.05) is 0 Å². The van der Waals surface area contributed by atoms with Crippen LogP contribution in [0, 0.1) is 11.8 Å². The standard InChI is InChI=1S/C12H15ClO/c1-8(2)9(3)12(14)10-4-6-11(13)7-5-10/h4-9H,1-3H3/t9-/m1/s1. The van der Waals surface area contributed by atoms with Crippen molar-refractivity contribution in [3.63, 3.8) is 0 Å². The van der Waals surface area contributed by atoms with Gasteiger partial charge in [-0.2, -0.15) is 0 Å². The summed E-state index contributed by atoms with van der Waals surface area (Å²) in [6.07, 6.45) is 0. The van der Waals surface area contributed by atoms with Crippen LogP contribution in [0.5, 0.6) is 0 Å². The second kappa shape index (κ2) is 4.61. The Labute approximate surface area is 90.1 Å². The highest BCUT2D eigenvalue weighted by Crippen LogP contribution is 2.18. The molecule has 0 radical (unpaired) electrons. The van der Waals surface area contributed by atoms with Crippen LogP contribution in [0.2, 0.25) is 5.02 Å². The number of Topliss-reactive ketones (excluding diaryl/α,β-unsaturated/α-hetero) is 1. The van der Waals surface area contributed by atoms with Crippen LogP contribution in [0.1, 0.15) is 31.1 Å². The van der Waals surface area contributed by atoms with E-state index in [1.165, 1.54) is 0 Å². The summed E-state index contributed by atoms with van der Waals surface area (Å²) in [5, 5.41) is 0.666.